The standard InChI is InChI=1S/C19H24FN3O3/c1-3-25-18(24)11-14-6-4-5-9-23(14)12-17-21-19(26-22-17)15-10-13(2)7-8-16(15)20/h7-8,10,14H,3-6,9,11-12H2,1-2H3. The van der Waals surface area contributed by atoms with E-state index in [-0.39, 0.29) is 23.7 Å². The van der Waals surface area contributed by atoms with Crippen LogP contribution in [0.4, 0.5) is 4.39 Å². The monoisotopic (exact) mass is 361 g/mol. The van der Waals surface area contributed by atoms with E-state index in [1.54, 1.807) is 12.1 Å². The first-order valence-corrected chi connectivity index (χ1v) is 9.05. The van der Waals surface area contributed by atoms with E-state index in [0.717, 1.165) is 31.4 Å². The first kappa shape index (κ1) is 18.5. The normalized spacial score (nSPS) is 18.0. The lowest BCUT2D eigenvalue weighted by molar-refractivity contribution is -0.145. The summed E-state index contributed by atoms with van der Waals surface area (Å²) in [5, 5.41) is 4.00. The molecule has 0 spiro atoms. The van der Waals surface area contributed by atoms with Crippen molar-refractivity contribution < 1.29 is 18.4 Å². The molecular formula is C19H24FN3O3. The lowest BCUT2D eigenvalue weighted by Crippen LogP contribution is -2.40. The number of rotatable bonds is 6. The lowest BCUT2D eigenvalue weighted by Gasteiger charge is -2.34. The molecule has 0 amide bonds. The van der Waals surface area contributed by atoms with Crippen molar-refractivity contribution in [2.45, 2.75) is 52.1 Å². The number of aryl methyl sites for hydroxylation is 1. The van der Waals surface area contributed by atoms with Crippen LogP contribution in [0.1, 0.15) is 44.0 Å². The summed E-state index contributed by atoms with van der Waals surface area (Å²) in [7, 11) is 0. The van der Waals surface area contributed by atoms with Crippen LogP contribution in [0.25, 0.3) is 11.5 Å². The second kappa shape index (κ2) is 8.40. The van der Waals surface area contributed by atoms with Crippen molar-refractivity contribution >= 4 is 5.97 Å². The van der Waals surface area contributed by atoms with Gasteiger partial charge in [-0.1, -0.05) is 23.2 Å². The molecule has 0 saturated carbocycles. The fourth-order valence-electron chi connectivity index (χ4n) is 3.32. The molecule has 1 atom stereocenters. The number of likely N-dealkylation sites (tertiary alicyclic amines) is 1. The maximum Gasteiger partial charge on any atom is 0.307 e. The Morgan fingerprint density at radius 1 is 1.42 bits per heavy atom. The number of ether oxygens (including phenoxy) is 1. The predicted molar refractivity (Wildman–Crippen MR) is 93.7 cm³/mol. The van der Waals surface area contributed by atoms with Crippen LogP contribution in [-0.2, 0) is 16.1 Å². The Bertz CT molecular complexity index is 762. The van der Waals surface area contributed by atoms with E-state index in [4.69, 9.17) is 9.26 Å². The number of carbonyl (C=O) groups excluding carboxylic acids is 1. The SMILES string of the molecule is CCOC(=O)CC1CCCCN1Cc1noc(-c2cc(C)ccc2F)n1. The van der Waals surface area contributed by atoms with Crippen LogP contribution in [0, 0.1) is 12.7 Å². The molecule has 0 radical (unpaired) electrons. The number of hydrogen-bond donors (Lipinski definition) is 0. The molecule has 140 valence electrons. The van der Waals surface area contributed by atoms with Gasteiger partial charge in [0.15, 0.2) is 5.82 Å². The van der Waals surface area contributed by atoms with E-state index in [1.807, 2.05) is 13.8 Å². The van der Waals surface area contributed by atoms with Gasteiger partial charge >= 0.3 is 5.97 Å². The molecule has 1 aromatic heterocycles. The van der Waals surface area contributed by atoms with Gasteiger partial charge in [0.25, 0.3) is 5.89 Å². The number of piperidine rings is 1. The predicted octanol–water partition coefficient (Wildman–Crippen LogP) is 3.49. The van der Waals surface area contributed by atoms with Crippen molar-refractivity contribution in [1.29, 1.82) is 0 Å². The van der Waals surface area contributed by atoms with Gasteiger partial charge in [-0.05, 0) is 45.4 Å². The van der Waals surface area contributed by atoms with Crippen molar-refractivity contribution in [3.63, 3.8) is 0 Å². The average molecular weight is 361 g/mol. The van der Waals surface area contributed by atoms with Crippen molar-refractivity contribution in [2.24, 2.45) is 0 Å². The smallest absolute Gasteiger partial charge is 0.307 e. The third kappa shape index (κ3) is 4.46. The fourth-order valence-corrected chi connectivity index (χ4v) is 3.32. The molecule has 0 N–H and O–H groups in total. The Morgan fingerprint density at radius 2 is 2.27 bits per heavy atom. The van der Waals surface area contributed by atoms with Crippen molar-refractivity contribution in [2.75, 3.05) is 13.2 Å². The Labute approximate surface area is 152 Å². The zero-order valence-electron chi connectivity index (χ0n) is 15.2. The lowest BCUT2D eigenvalue weighted by atomic mass is 9.99. The quantitative estimate of drug-likeness (QED) is 0.734. The summed E-state index contributed by atoms with van der Waals surface area (Å²) >= 11 is 0. The zero-order chi connectivity index (χ0) is 18.5. The molecule has 7 heteroatoms. The highest BCUT2D eigenvalue weighted by atomic mass is 19.1. The summed E-state index contributed by atoms with van der Waals surface area (Å²) in [6, 6.07) is 4.90. The highest BCUT2D eigenvalue weighted by Crippen LogP contribution is 2.25. The fraction of sp³-hybridized carbons (Fsp3) is 0.526. The molecule has 1 aromatic carbocycles. The number of halogens is 1. The summed E-state index contributed by atoms with van der Waals surface area (Å²) < 4.78 is 24.3. The second-order valence-electron chi connectivity index (χ2n) is 6.63. The molecule has 1 aliphatic rings. The first-order valence-electron chi connectivity index (χ1n) is 9.05. The zero-order valence-corrected chi connectivity index (χ0v) is 15.2. The van der Waals surface area contributed by atoms with Crippen LogP contribution in [0.15, 0.2) is 22.7 Å². The minimum atomic E-state index is -0.385. The van der Waals surface area contributed by atoms with Gasteiger partial charge in [0.1, 0.15) is 5.82 Å². The first-order chi connectivity index (χ1) is 12.6. The summed E-state index contributed by atoms with van der Waals surface area (Å²) in [4.78, 5) is 18.4. The minimum Gasteiger partial charge on any atom is -0.466 e. The maximum absolute atomic E-state index is 14.0. The summed E-state index contributed by atoms with van der Waals surface area (Å²) in [5.41, 5.74) is 1.23. The van der Waals surface area contributed by atoms with Crippen LogP contribution in [0.5, 0.6) is 0 Å². The van der Waals surface area contributed by atoms with E-state index in [1.165, 1.54) is 6.07 Å². The van der Waals surface area contributed by atoms with E-state index < -0.39 is 0 Å². The molecular weight excluding hydrogens is 337 g/mol. The molecule has 1 aliphatic heterocycles. The molecule has 1 fully saturated rings. The summed E-state index contributed by atoms with van der Waals surface area (Å²) in [6.07, 6.45) is 3.46. The van der Waals surface area contributed by atoms with Crippen molar-refractivity contribution in [1.82, 2.24) is 15.0 Å². The number of aromatic nitrogens is 2. The third-order valence-corrected chi connectivity index (χ3v) is 4.62. The number of hydrogen-bond acceptors (Lipinski definition) is 6. The molecule has 2 aromatic rings. The largest absolute Gasteiger partial charge is 0.466 e. The van der Waals surface area contributed by atoms with E-state index in [9.17, 15) is 9.18 Å². The van der Waals surface area contributed by atoms with Crippen LogP contribution >= 0.6 is 0 Å². The van der Waals surface area contributed by atoms with Gasteiger partial charge < -0.3 is 9.26 Å². The molecule has 26 heavy (non-hydrogen) atoms. The summed E-state index contributed by atoms with van der Waals surface area (Å²) in [5.74, 6) is 0.112. The van der Waals surface area contributed by atoms with Gasteiger partial charge in [-0.2, -0.15) is 4.98 Å². The van der Waals surface area contributed by atoms with Gasteiger partial charge in [0, 0.05) is 6.04 Å². The highest BCUT2D eigenvalue weighted by Gasteiger charge is 2.27. The third-order valence-electron chi connectivity index (χ3n) is 4.62. The minimum absolute atomic E-state index is 0.112. The van der Waals surface area contributed by atoms with Gasteiger partial charge in [-0.15, -0.1) is 0 Å². The highest BCUT2D eigenvalue weighted by molar-refractivity contribution is 5.70. The maximum atomic E-state index is 14.0. The number of esters is 1. The Balaban J connectivity index is 1.70. The molecule has 6 nitrogen and oxygen atoms in total. The number of carbonyl (C=O) groups is 1. The van der Waals surface area contributed by atoms with Crippen LogP contribution in [-0.4, -0.2) is 40.2 Å². The summed E-state index contributed by atoms with van der Waals surface area (Å²) in [6.45, 7) is 5.42. The van der Waals surface area contributed by atoms with Crippen molar-refractivity contribution in [3.05, 3.63) is 35.4 Å². The Kier molecular flexibility index (Phi) is 5.98. The molecule has 0 bridgehead atoms. The average Bonchev–Trinajstić information content (AvgIpc) is 3.07. The van der Waals surface area contributed by atoms with Gasteiger partial charge in [0.2, 0.25) is 0 Å². The topological polar surface area (TPSA) is 68.5 Å². The van der Waals surface area contributed by atoms with Gasteiger partial charge in [0.05, 0.1) is 25.1 Å². The number of nitrogens with zero attached hydrogens (tertiary/aromatic N) is 3. The Morgan fingerprint density at radius 3 is 3.08 bits per heavy atom. The van der Waals surface area contributed by atoms with Crippen LogP contribution in [0.2, 0.25) is 0 Å². The molecule has 3 rings (SSSR count). The van der Waals surface area contributed by atoms with Crippen LogP contribution < -0.4 is 0 Å². The molecule has 2 heterocycles. The van der Waals surface area contributed by atoms with Crippen LogP contribution in [0.3, 0.4) is 0 Å². The molecule has 1 saturated heterocycles. The Hall–Kier alpha value is -2.28. The van der Waals surface area contributed by atoms with E-state index in [0.29, 0.717) is 31.0 Å². The van der Waals surface area contributed by atoms with Crippen molar-refractivity contribution in [3.8, 4) is 11.5 Å². The molecule has 0 aliphatic carbocycles. The number of benzene rings is 1. The second-order valence-corrected chi connectivity index (χ2v) is 6.63. The van der Waals surface area contributed by atoms with E-state index >= 15 is 0 Å². The van der Waals surface area contributed by atoms with Gasteiger partial charge in [-0.3, -0.25) is 9.69 Å². The van der Waals surface area contributed by atoms with Gasteiger partial charge in [-0.25, -0.2) is 4.39 Å². The van der Waals surface area contributed by atoms with E-state index in [2.05, 4.69) is 15.0 Å². The molecule has 1 unspecified atom stereocenters.